The standard InChI is InChI=1S/C13H13NO2S/c1-2-16-11-5-3-4-10(6-11)13(15)7-12-8-14-9-17-12/h3-6,8-9H,2,7H2,1H3. The van der Waals surface area contributed by atoms with Crippen LogP contribution in [0.25, 0.3) is 0 Å². The average Bonchev–Trinajstić information content (AvgIpc) is 2.83. The van der Waals surface area contributed by atoms with Crippen LogP contribution in [0.2, 0.25) is 0 Å². The SMILES string of the molecule is CCOc1cccc(C(=O)Cc2cncs2)c1. The molecule has 0 radical (unpaired) electrons. The highest BCUT2D eigenvalue weighted by Crippen LogP contribution is 2.16. The highest BCUT2D eigenvalue weighted by Gasteiger charge is 2.08. The Bertz CT molecular complexity index is 494. The lowest BCUT2D eigenvalue weighted by Gasteiger charge is -2.04. The summed E-state index contributed by atoms with van der Waals surface area (Å²) < 4.78 is 5.37. The van der Waals surface area contributed by atoms with Crippen molar-refractivity contribution in [3.63, 3.8) is 0 Å². The van der Waals surface area contributed by atoms with Crippen LogP contribution >= 0.6 is 11.3 Å². The van der Waals surface area contributed by atoms with Gasteiger partial charge in [-0.1, -0.05) is 12.1 Å². The van der Waals surface area contributed by atoms with Crippen LogP contribution in [0.15, 0.2) is 36.0 Å². The fraction of sp³-hybridized carbons (Fsp3) is 0.231. The maximum Gasteiger partial charge on any atom is 0.168 e. The molecule has 1 aromatic carbocycles. The molecule has 1 heterocycles. The molecule has 17 heavy (non-hydrogen) atoms. The van der Waals surface area contributed by atoms with E-state index >= 15 is 0 Å². The first kappa shape index (κ1) is 11.8. The molecule has 0 saturated heterocycles. The van der Waals surface area contributed by atoms with Gasteiger partial charge in [-0.15, -0.1) is 11.3 Å². The summed E-state index contributed by atoms with van der Waals surface area (Å²) in [6.45, 7) is 2.53. The smallest absolute Gasteiger partial charge is 0.168 e. The summed E-state index contributed by atoms with van der Waals surface area (Å²) in [6.07, 6.45) is 2.13. The van der Waals surface area contributed by atoms with Crippen LogP contribution < -0.4 is 4.74 Å². The number of rotatable bonds is 5. The van der Waals surface area contributed by atoms with Gasteiger partial charge in [0.1, 0.15) is 5.75 Å². The van der Waals surface area contributed by atoms with E-state index in [1.165, 1.54) is 11.3 Å². The van der Waals surface area contributed by atoms with E-state index in [2.05, 4.69) is 4.98 Å². The Balaban J connectivity index is 2.11. The van der Waals surface area contributed by atoms with Crippen molar-refractivity contribution in [1.82, 2.24) is 4.98 Å². The van der Waals surface area contributed by atoms with Gasteiger partial charge in [0.05, 0.1) is 12.1 Å². The number of aromatic nitrogens is 1. The molecule has 0 aliphatic carbocycles. The fourth-order valence-electron chi connectivity index (χ4n) is 1.52. The van der Waals surface area contributed by atoms with Crippen molar-refractivity contribution in [3.8, 4) is 5.75 Å². The number of benzene rings is 1. The van der Waals surface area contributed by atoms with Gasteiger partial charge in [-0.05, 0) is 19.1 Å². The number of Topliss-reactive ketones (excluding diaryl/α,β-unsaturated/α-hetero) is 1. The van der Waals surface area contributed by atoms with E-state index in [0.29, 0.717) is 18.6 Å². The number of carbonyl (C=O) groups is 1. The van der Waals surface area contributed by atoms with E-state index in [9.17, 15) is 4.79 Å². The van der Waals surface area contributed by atoms with E-state index < -0.39 is 0 Å². The first-order valence-corrected chi connectivity index (χ1v) is 6.31. The van der Waals surface area contributed by atoms with Crippen LogP contribution in [0.1, 0.15) is 22.2 Å². The second kappa shape index (κ2) is 5.59. The molecule has 88 valence electrons. The van der Waals surface area contributed by atoms with Crippen molar-refractivity contribution in [2.45, 2.75) is 13.3 Å². The number of nitrogens with zero attached hydrogens (tertiary/aromatic N) is 1. The number of hydrogen-bond donors (Lipinski definition) is 0. The zero-order valence-corrected chi connectivity index (χ0v) is 10.4. The summed E-state index contributed by atoms with van der Waals surface area (Å²) in [4.78, 5) is 16.9. The molecule has 0 spiro atoms. The molecule has 0 unspecified atom stereocenters. The van der Waals surface area contributed by atoms with E-state index in [1.807, 2.05) is 25.1 Å². The molecule has 3 nitrogen and oxygen atoms in total. The molecule has 1 aromatic heterocycles. The van der Waals surface area contributed by atoms with Crippen LogP contribution in [-0.2, 0) is 6.42 Å². The predicted molar refractivity (Wildman–Crippen MR) is 67.8 cm³/mol. The number of ether oxygens (including phenoxy) is 1. The fourth-order valence-corrected chi connectivity index (χ4v) is 2.11. The van der Waals surface area contributed by atoms with Gasteiger partial charge in [-0.25, -0.2) is 0 Å². The molecule has 0 aliphatic heterocycles. The Labute approximate surface area is 104 Å². The second-order valence-electron chi connectivity index (χ2n) is 3.53. The maximum absolute atomic E-state index is 12.0. The number of carbonyl (C=O) groups excluding carboxylic acids is 1. The second-order valence-corrected chi connectivity index (χ2v) is 4.50. The molecule has 2 aromatic rings. The summed E-state index contributed by atoms with van der Waals surface area (Å²) in [5.74, 6) is 0.832. The third kappa shape index (κ3) is 3.14. The molecular weight excluding hydrogens is 234 g/mol. The highest BCUT2D eigenvalue weighted by atomic mass is 32.1. The van der Waals surface area contributed by atoms with Crippen LogP contribution in [0.3, 0.4) is 0 Å². The zero-order valence-electron chi connectivity index (χ0n) is 9.55. The molecule has 0 fully saturated rings. The zero-order chi connectivity index (χ0) is 12.1. The van der Waals surface area contributed by atoms with E-state index in [-0.39, 0.29) is 5.78 Å². The lowest BCUT2D eigenvalue weighted by atomic mass is 10.1. The summed E-state index contributed by atoms with van der Waals surface area (Å²) in [5, 5.41) is 0. The van der Waals surface area contributed by atoms with Crippen molar-refractivity contribution in [2.24, 2.45) is 0 Å². The van der Waals surface area contributed by atoms with Gasteiger partial charge in [0.2, 0.25) is 0 Å². The van der Waals surface area contributed by atoms with Gasteiger partial charge in [-0.3, -0.25) is 9.78 Å². The molecule has 2 rings (SSSR count). The largest absolute Gasteiger partial charge is 0.494 e. The average molecular weight is 247 g/mol. The molecule has 0 amide bonds. The van der Waals surface area contributed by atoms with Gasteiger partial charge in [0.15, 0.2) is 5.78 Å². The molecule has 0 atom stereocenters. The molecule has 0 bridgehead atoms. The van der Waals surface area contributed by atoms with Crippen LogP contribution in [0, 0.1) is 0 Å². The molecule has 0 N–H and O–H groups in total. The summed E-state index contributed by atoms with van der Waals surface area (Å²) in [5.41, 5.74) is 2.42. The van der Waals surface area contributed by atoms with Gasteiger partial charge in [-0.2, -0.15) is 0 Å². The Morgan fingerprint density at radius 3 is 3.06 bits per heavy atom. The summed E-state index contributed by atoms with van der Waals surface area (Å²) in [7, 11) is 0. The van der Waals surface area contributed by atoms with Gasteiger partial charge < -0.3 is 4.74 Å². The first-order valence-electron chi connectivity index (χ1n) is 5.43. The van der Waals surface area contributed by atoms with Crippen molar-refractivity contribution in [1.29, 1.82) is 0 Å². The summed E-state index contributed by atoms with van der Waals surface area (Å²) >= 11 is 1.50. The molecule has 4 heteroatoms. The van der Waals surface area contributed by atoms with Crippen LogP contribution in [-0.4, -0.2) is 17.4 Å². The van der Waals surface area contributed by atoms with Gasteiger partial charge in [0.25, 0.3) is 0 Å². The van der Waals surface area contributed by atoms with E-state index in [0.717, 1.165) is 10.6 Å². The first-order chi connectivity index (χ1) is 8.29. The van der Waals surface area contributed by atoms with Crippen molar-refractivity contribution in [3.05, 3.63) is 46.4 Å². The Hall–Kier alpha value is -1.68. The summed E-state index contributed by atoms with van der Waals surface area (Å²) in [6, 6.07) is 7.29. The quantitative estimate of drug-likeness (QED) is 0.762. The van der Waals surface area contributed by atoms with E-state index in [4.69, 9.17) is 4.74 Å². The lowest BCUT2D eigenvalue weighted by molar-refractivity contribution is 0.0993. The Morgan fingerprint density at radius 1 is 1.47 bits per heavy atom. The number of hydrogen-bond acceptors (Lipinski definition) is 4. The predicted octanol–water partition coefficient (Wildman–Crippen LogP) is 2.97. The Kier molecular flexibility index (Phi) is 3.88. The van der Waals surface area contributed by atoms with Crippen molar-refractivity contribution >= 4 is 17.1 Å². The van der Waals surface area contributed by atoms with Crippen LogP contribution in [0.5, 0.6) is 5.75 Å². The molecule has 0 saturated carbocycles. The molecular formula is C13H13NO2S. The third-order valence-corrected chi connectivity index (χ3v) is 3.06. The highest BCUT2D eigenvalue weighted by molar-refractivity contribution is 7.09. The monoisotopic (exact) mass is 247 g/mol. The van der Waals surface area contributed by atoms with Gasteiger partial charge in [0, 0.05) is 23.1 Å². The minimum absolute atomic E-state index is 0.0933. The Morgan fingerprint density at radius 2 is 2.35 bits per heavy atom. The minimum Gasteiger partial charge on any atom is -0.494 e. The minimum atomic E-state index is 0.0933. The van der Waals surface area contributed by atoms with Gasteiger partial charge >= 0.3 is 0 Å². The van der Waals surface area contributed by atoms with Crippen molar-refractivity contribution < 1.29 is 9.53 Å². The topological polar surface area (TPSA) is 39.2 Å². The molecule has 0 aliphatic rings. The maximum atomic E-state index is 12.0. The van der Waals surface area contributed by atoms with Crippen molar-refractivity contribution in [2.75, 3.05) is 6.61 Å². The normalized spacial score (nSPS) is 10.2. The lowest BCUT2D eigenvalue weighted by Crippen LogP contribution is -2.03. The van der Waals surface area contributed by atoms with E-state index in [1.54, 1.807) is 17.8 Å². The number of thiazole rings is 1. The number of ketones is 1. The van der Waals surface area contributed by atoms with Crippen LogP contribution in [0.4, 0.5) is 0 Å². The third-order valence-electron chi connectivity index (χ3n) is 2.29.